The number of aromatic nitrogens is 1. The van der Waals surface area contributed by atoms with Gasteiger partial charge in [-0.3, -0.25) is 0 Å². The summed E-state index contributed by atoms with van der Waals surface area (Å²) >= 11 is 0. The number of nitriles is 1. The van der Waals surface area contributed by atoms with E-state index in [1.165, 1.54) is 26.5 Å². The summed E-state index contributed by atoms with van der Waals surface area (Å²) in [6.45, 7) is 2.28. The molecule has 1 heterocycles. The van der Waals surface area contributed by atoms with Gasteiger partial charge in [0.05, 0.1) is 38.7 Å². The molecule has 174 valence electrons. The first-order chi connectivity index (χ1) is 16.6. The second-order valence-electron chi connectivity index (χ2n) is 6.83. The van der Waals surface area contributed by atoms with Gasteiger partial charge in [-0.05, 0) is 42.8 Å². The zero-order valence-corrected chi connectivity index (χ0v) is 19.1. The van der Waals surface area contributed by atoms with Gasteiger partial charge in [0.15, 0.2) is 11.5 Å². The second kappa shape index (κ2) is 11.9. The van der Waals surface area contributed by atoms with Crippen molar-refractivity contribution in [2.45, 2.75) is 13.5 Å². The van der Waals surface area contributed by atoms with E-state index in [1.807, 2.05) is 18.2 Å². The number of ether oxygens (including phenoxy) is 5. The SMILES string of the molecule is CCOC(=O)/C=C/c1cc(OC)c(Oc2ccc(OCc3ccccc3C#N)cn2)c(OC)c1. The molecule has 0 aliphatic carbocycles. The Morgan fingerprint density at radius 3 is 2.44 bits per heavy atom. The van der Waals surface area contributed by atoms with Crippen molar-refractivity contribution < 1.29 is 28.5 Å². The highest BCUT2D eigenvalue weighted by Crippen LogP contribution is 2.41. The van der Waals surface area contributed by atoms with Crippen LogP contribution in [0.15, 0.2) is 60.8 Å². The van der Waals surface area contributed by atoms with Crippen molar-refractivity contribution in [3.8, 4) is 34.9 Å². The molecule has 3 aromatic rings. The van der Waals surface area contributed by atoms with E-state index in [4.69, 9.17) is 23.7 Å². The van der Waals surface area contributed by atoms with Gasteiger partial charge in [0, 0.05) is 17.7 Å². The predicted octanol–water partition coefficient (Wildman–Crippen LogP) is 4.92. The zero-order valence-electron chi connectivity index (χ0n) is 19.1. The van der Waals surface area contributed by atoms with E-state index in [-0.39, 0.29) is 6.61 Å². The van der Waals surface area contributed by atoms with Crippen LogP contribution in [0.25, 0.3) is 6.08 Å². The van der Waals surface area contributed by atoms with E-state index in [1.54, 1.807) is 43.3 Å². The number of methoxy groups -OCH3 is 2. The summed E-state index contributed by atoms with van der Waals surface area (Å²) in [4.78, 5) is 15.9. The predicted molar refractivity (Wildman–Crippen MR) is 125 cm³/mol. The number of esters is 1. The number of hydrogen-bond acceptors (Lipinski definition) is 8. The molecular weight excluding hydrogens is 436 g/mol. The molecule has 2 aromatic carbocycles. The maximum absolute atomic E-state index is 11.6. The minimum atomic E-state index is -0.441. The molecule has 0 amide bonds. The molecule has 34 heavy (non-hydrogen) atoms. The van der Waals surface area contributed by atoms with Crippen molar-refractivity contribution in [3.63, 3.8) is 0 Å². The summed E-state index contributed by atoms with van der Waals surface area (Å²) in [5.74, 6) is 1.52. The Morgan fingerprint density at radius 2 is 1.82 bits per heavy atom. The van der Waals surface area contributed by atoms with Crippen molar-refractivity contribution in [1.82, 2.24) is 4.98 Å². The molecule has 8 heteroatoms. The van der Waals surface area contributed by atoms with Gasteiger partial charge < -0.3 is 23.7 Å². The zero-order chi connectivity index (χ0) is 24.3. The topological polar surface area (TPSA) is 99.9 Å². The first-order valence-electron chi connectivity index (χ1n) is 10.4. The third kappa shape index (κ3) is 6.26. The molecule has 0 bridgehead atoms. The van der Waals surface area contributed by atoms with Gasteiger partial charge >= 0.3 is 5.97 Å². The van der Waals surface area contributed by atoms with Crippen LogP contribution in [-0.2, 0) is 16.1 Å². The third-order valence-corrected chi connectivity index (χ3v) is 4.63. The van der Waals surface area contributed by atoms with Crippen molar-refractivity contribution in [2.75, 3.05) is 20.8 Å². The van der Waals surface area contributed by atoms with Crippen LogP contribution in [-0.4, -0.2) is 31.8 Å². The molecule has 0 unspecified atom stereocenters. The maximum Gasteiger partial charge on any atom is 0.330 e. The number of pyridine rings is 1. The van der Waals surface area contributed by atoms with Gasteiger partial charge in [0.1, 0.15) is 12.4 Å². The summed E-state index contributed by atoms with van der Waals surface area (Å²) in [5.41, 5.74) is 2.02. The van der Waals surface area contributed by atoms with Crippen LogP contribution in [0, 0.1) is 11.3 Å². The molecule has 0 saturated heterocycles. The fraction of sp³-hybridized carbons (Fsp3) is 0.192. The van der Waals surface area contributed by atoms with Crippen molar-refractivity contribution in [2.24, 2.45) is 0 Å². The highest BCUT2D eigenvalue weighted by molar-refractivity contribution is 5.87. The largest absolute Gasteiger partial charge is 0.493 e. The first-order valence-corrected chi connectivity index (χ1v) is 10.4. The van der Waals surface area contributed by atoms with Crippen LogP contribution in [0.1, 0.15) is 23.6 Å². The van der Waals surface area contributed by atoms with E-state index in [0.717, 1.165) is 5.56 Å². The summed E-state index contributed by atoms with van der Waals surface area (Å²) in [6.07, 6.45) is 4.45. The van der Waals surface area contributed by atoms with Crippen molar-refractivity contribution in [3.05, 3.63) is 77.5 Å². The quantitative estimate of drug-likeness (QED) is 0.311. The lowest BCUT2D eigenvalue weighted by molar-refractivity contribution is -0.137. The molecule has 3 rings (SSSR count). The molecular formula is C26H24N2O6. The van der Waals surface area contributed by atoms with E-state index in [0.29, 0.717) is 46.6 Å². The molecule has 0 aliphatic heterocycles. The molecule has 0 aliphatic rings. The minimum Gasteiger partial charge on any atom is -0.493 e. The minimum absolute atomic E-state index is 0.244. The van der Waals surface area contributed by atoms with Crippen LogP contribution in [0.5, 0.6) is 28.9 Å². The highest BCUT2D eigenvalue weighted by Gasteiger charge is 2.15. The summed E-state index contributed by atoms with van der Waals surface area (Å²) in [6, 6.07) is 16.2. The number of nitrogens with zero attached hydrogens (tertiary/aromatic N) is 2. The molecule has 0 radical (unpaired) electrons. The Kier molecular flexibility index (Phi) is 8.47. The van der Waals surface area contributed by atoms with Crippen molar-refractivity contribution in [1.29, 1.82) is 5.26 Å². The van der Waals surface area contributed by atoms with Gasteiger partial charge in [0.25, 0.3) is 0 Å². The number of carbonyl (C=O) groups excluding carboxylic acids is 1. The monoisotopic (exact) mass is 460 g/mol. The Labute approximate surface area is 197 Å². The number of benzene rings is 2. The number of rotatable bonds is 10. The average Bonchev–Trinajstić information content (AvgIpc) is 2.87. The lowest BCUT2D eigenvalue weighted by Gasteiger charge is -2.15. The molecule has 0 N–H and O–H groups in total. The third-order valence-electron chi connectivity index (χ3n) is 4.63. The Balaban J connectivity index is 1.74. The number of carbonyl (C=O) groups is 1. The van der Waals surface area contributed by atoms with Crippen molar-refractivity contribution >= 4 is 12.0 Å². The Morgan fingerprint density at radius 1 is 1.09 bits per heavy atom. The standard InChI is InChI=1S/C26H24N2O6/c1-4-32-25(29)12-9-18-13-22(30-2)26(23(14-18)31-3)34-24-11-10-21(16-28-24)33-17-20-8-6-5-7-19(20)15-27/h5-14,16H,4,17H2,1-3H3/b12-9+. The molecule has 1 aromatic heterocycles. The summed E-state index contributed by atoms with van der Waals surface area (Å²) in [7, 11) is 3.01. The van der Waals surface area contributed by atoms with Gasteiger partial charge in [-0.2, -0.15) is 5.26 Å². The number of hydrogen-bond donors (Lipinski definition) is 0. The first kappa shape index (κ1) is 24.1. The molecule has 0 fully saturated rings. The summed E-state index contributed by atoms with van der Waals surface area (Å²) in [5, 5.41) is 9.19. The van der Waals surface area contributed by atoms with Gasteiger partial charge in [-0.1, -0.05) is 18.2 Å². The van der Waals surface area contributed by atoms with E-state index in [9.17, 15) is 10.1 Å². The Hall–Kier alpha value is -4.51. The van der Waals surface area contributed by atoms with Crippen LogP contribution in [0.4, 0.5) is 0 Å². The van der Waals surface area contributed by atoms with Crippen LogP contribution in [0.3, 0.4) is 0 Å². The van der Waals surface area contributed by atoms with E-state index in [2.05, 4.69) is 11.1 Å². The van der Waals surface area contributed by atoms with Gasteiger partial charge in [-0.25, -0.2) is 9.78 Å². The highest BCUT2D eigenvalue weighted by atomic mass is 16.5. The maximum atomic E-state index is 11.6. The van der Waals surface area contributed by atoms with Crippen LogP contribution in [0.2, 0.25) is 0 Å². The smallest absolute Gasteiger partial charge is 0.330 e. The summed E-state index contributed by atoms with van der Waals surface area (Å²) < 4.78 is 27.5. The van der Waals surface area contributed by atoms with E-state index >= 15 is 0 Å². The fourth-order valence-electron chi connectivity index (χ4n) is 2.99. The normalized spacial score (nSPS) is 10.4. The molecule has 8 nitrogen and oxygen atoms in total. The van der Waals surface area contributed by atoms with Gasteiger partial charge in [0.2, 0.25) is 11.6 Å². The Bertz CT molecular complexity index is 1170. The lowest BCUT2D eigenvalue weighted by atomic mass is 10.1. The van der Waals surface area contributed by atoms with Gasteiger partial charge in [-0.15, -0.1) is 0 Å². The molecule has 0 atom stereocenters. The average molecular weight is 460 g/mol. The molecule has 0 spiro atoms. The van der Waals surface area contributed by atoms with E-state index < -0.39 is 5.97 Å². The second-order valence-corrected chi connectivity index (χ2v) is 6.83. The fourth-order valence-corrected chi connectivity index (χ4v) is 2.99. The van der Waals surface area contributed by atoms with Crippen LogP contribution < -0.4 is 18.9 Å². The molecule has 0 saturated carbocycles. The lowest BCUT2D eigenvalue weighted by Crippen LogP contribution is -2.00. The van der Waals surface area contributed by atoms with Crippen LogP contribution >= 0.6 is 0 Å².